The van der Waals surface area contributed by atoms with Crippen molar-refractivity contribution in [2.75, 3.05) is 21.3 Å². The van der Waals surface area contributed by atoms with Gasteiger partial charge in [-0.2, -0.15) is 5.10 Å². The van der Waals surface area contributed by atoms with Crippen LogP contribution in [0.4, 0.5) is 0 Å². The number of hydrazone groups is 1. The minimum Gasteiger partial charge on any atom is -0.493 e. The smallest absolute Gasteiger partial charge is 0.214 e. The van der Waals surface area contributed by atoms with Crippen LogP contribution in [-0.4, -0.2) is 37.0 Å². The molecule has 0 amide bonds. The molecule has 0 bridgehead atoms. The van der Waals surface area contributed by atoms with Gasteiger partial charge in [0.1, 0.15) is 5.75 Å². The molecular weight excluding hydrogens is 394 g/mol. The molecule has 0 saturated heterocycles. The minimum atomic E-state index is -0.442. The maximum Gasteiger partial charge on any atom is 0.214 e. The summed E-state index contributed by atoms with van der Waals surface area (Å²) in [6.07, 6.45) is 3.94. The van der Waals surface area contributed by atoms with Crippen LogP contribution in [0.25, 0.3) is 0 Å². The lowest BCUT2D eigenvalue weighted by Gasteiger charge is -2.38. The lowest BCUT2D eigenvalue weighted by Crippen LogP contribution is -2.33. The fraction of sp³-hybridized carbons (Fsp3) is 0.250. The summed E-state index contributed by atoms with van der Waals surface area (Å²) in [4.78, 5) is 4.26. The van der Waals surface area contributed by atoms with Crippen molar-refractivity contribution in [1.29, 1.82) is 0 Å². The Morgan fingerprint density at radius 2 is 1.74 bits per heavy atom. The Bertz CT molecular complexity index is 1110. The van der Waals surface area contributed by atoms with Crippen molar-refractivity contribution >= 4 is 5.71 Å². The van der Waals surface area contributed by atoms with E-state index in [1.54, 1.807) is 27.5 Å². The van der Waals surface area contributed by atoms with Gasteiger partial charge < -0.3 is 18.9 Å². The van der Waals surface area contributed by atoms with E-state index in [1.165, 1.54) is 0 Å². The van der Waals surface area contributed by atoms with Gasteiger partial charge in [-0.15, -0.1) is 0 Å². The summed E-state index contributed by atoms with van der Waals surface area (Å²) in [5.41, 5.74) is 3.98. The van der Waals surface area contributed by atoms with Crippen LogP contribution >= 0.6 is 0 Å². The quantitative estimate of drug-likeness (QED) is 0.615. The van der Waals surface area contributed by atoms with Gasteiger partial charge in [-0.1, -0.05) is 24.3 Å². The van der Waals surface area contributed by atoms with Crippen molar-refractivity contribution in [2.24, 2.45) is 5.10 Å². The summed E-state index contributed by atoms with van der Waals surface area (Å²) < 4.78 is 23.0. The predicted molar refractivity (Wildman–Crippen MR) is 116 cm³/mol. The van der Waals surface area contributed by atoms with Crippen LogP contribution in [0.2, 0.25) is 0 Å². The summed E-state index contributed by atoms with van der Waals surface area (Å²) >= 11 is 0. The molecule has 3 aromatic rings. The third kappa shape index (κ3) is 3.22. The molecule has 31 heavy (non-hydrogen) atoms. The van der Waals surface area contributed by atoms with Crippen molar-refractivity contribution in [3.05, 3.63) is 77.6 Å². The third-order valence-corrected chi connectivity index (χ3v) is 5.67. The largest absolute Gasteiger partial charge is 0.493 e. The van der Waals surface area contributed by atoms with E-state index in [2.05, 4.69) is 11.1 Å². The lowest BCUT2D eigenvalue weighted by atomic mass is 9.96. The highest BCUT2D eigenvalue weighted by Crippen LogP contribution is 2.49. The van der Waals surface area contributed by atoms with Gasteiger partial charge >= 0.3 is 0 Å². The minimum absolute atomic E-state index is 0.0595. The van der Waals surface area contributed by atoms with E-state index in [4.69, 9.17) is 24.0 Å². The molecule has 0 aliphatic carbocycles. The standard InChI is InChI=1S/C24H23N3O4/c1-28-21-11-16(12-22(29-2)23(21)30-3)24-27-19(17-8-4-5-9-20(17)31-24)13-18(26-27)15-7-6-10-25-14-15/h4-12,14,19,24H,13H2,1-3H3/t19-,24+/m0/s1. The van der Waals surface area contributed by atoms with Crippen LogP contribution in [0, 0.1) is 0 Å². The van der Waals surface area contributed by atoms with Crippen molar-refractivity contribution in [3.63, 3.8) is 0 Å². The molecule has 0 radical (unpaired) electrons. The molecule has 5 rings (SSSR count). The van der Waals surface area contributed by atoms with E-state index < -0.39 is 6.23 Å². The van der Waals surface area contributed by atoms with Gasteiger partial charge in [0.15, 0.2) is 11.5 Å². The van der Waals surface area contributed by atoms with E-state index in [9.17, 15) is 0 Å². The van der Waals surface area contributed by atoms with Crippen molar-refractivity contribution < 1.29 is 18.9 Å². The highest BCUT2D eigenvalue weighted by molar-refractivity contribution is 6.01. The normalized spacial score (nSPS) is 19.1. The first kappa shape index (κ1) is 19.2. The summed E-state index contributed by atoms with van der Waals surface area (Å²) in [5, 5.41) is 6.98. The molecule has 3 heterocycles. The first-order valence-electron chi connectivity index (χ1n) is 10.0. The van der Waals surface area contributed by atoms with E-state index in [0.29, 0.717) is 17.2 Å². The van der Waals surface area contributed by atoms with Gasteiger partial charge in [0.05, 0.1) is 33.1 Å². The Morgan fingerprint density at radius 3 is 2.42 bits per heavy atom. The Hall–Kier alpha value is -3.74. The fourth-order valence-corrected chi connectivity index (χ4v) is 4.21. The molecule has 2 atom stereocenters. The number of rotatable bonds is 5. The van der Waals surface area contributed by atoms with Gasteiger partial charge in [-0.25, -0.2) is 5.01 Å². The molecule has 158 valence electrons. The van der Waals surface area contributed by atoms with Gasteiger partial charge in [0.2, 0.25) is 12.0 Å². The first-order chi connectivity index (χ1) is 15.2. The van der Waals surface area contributed by atoms with Gasteiger partial charge in [0.25, 0.3) is 0 Å². The molecule has 2 aliphatic rings. The summed E-state index contributed by atoms with van der Waals surface area (Å²) in [6, 6.07) is 16.0. The highest BCUT2D eigenvalue weighted by atomic mass is 16.5. The number of pyridine rings is 1. The SMILES string of the molecule is COc1cc([C@H]2Oc3ccccc3[C@@H]3CC(c4cccnc4)=NN23)cc(OC)c1OC. The van der Waals surface area contributed by atoms with Crippen molar-refractivity contribution in [3.8, 4) is 23.0 Å². The van der Waals surface area contributed by atoms with E-state index in [-0.39, 0.29) is 6.04 Å². The average molecular weight is 417 g/mol. The number of methoxy groups -OCH3 is 3. The number of benzene rings is 2. The van der Waals surface area contributed by atoms with Crippen molar-refractivity contribution in [2.45, 2.75) is 18.7 Å². The summed E-state index contributed by atoms with van der Waals surface area (Å²) in [7, 11) is 4.80. The predicted octanol–water partition coefficient (Wildman–Crippen LogP) is 4.35. The lowest BCUT2D eigenvalue weighted by molar-refractivity contribution is -0.0192. The second-order valence-corrected chi connectivity index (χ2v) is 7.36. The number of nitrogens with zero attached hydrogens (tertiary/aromatic N) is 3. The second-order valence-electron chi connectivity index (χ2n) is 7.36. The molecule has 0 fully saturated rings. The number of para-hydroxylation sites is 1. The number of ether oxygens (including phenoxy) is 4. The van der Waals surface area contributed by atoms with E-state index in [0.717, 1.165) is 34.6 Å². The molecule has 0 N–H and O–H groups in total. The number of aromatic nitrogens is 1. The van der Waals surface area contributed by atoms with E-state index >= 15 is 0 Å². The first-order valence-corrected chi connectivity index (χ1v) is 10.0. The third-order valence-electron chi connectivity index (χ3n) is 5.67. The Morgan fingerprint density at radius 1 is 0.968 bits per heavy atom. The molecule has 1 aromatic heterocycles. The number of hydrogen-bond acceptors (Lipinski definition) is 7. The van der Waals surface area contributed by atoms with E-state index in [1.807, 2.05) is 53.7 Å². The maximum absolute atomic E-state index is 6.44. The van der Waals surface area contributed by atoms with Crippen molar-refractivity contribution in [1.82, 2.24) is 9.99 Å². The molecule has 2 aromatic carbocycles. The zero-order chi connectivity index (χ0) is 21.4. The molecule has 7 heteroatoms. The van der Waals surface area contributed by atoms with Crippen LogP contribution in [-0.2, 0) is 0 Å². The Labute approximate surface area is 180 Å². The van der Waals surface area contributed by atoms with Crippen LogP contribution in [0.15, 0.2) is 66.0 Å². The monoisotopic (exact) mass is 417 g/mol. The number of hydrogen-bond donors (Lipinski definition) is 0. The zero-order valence-corrected chi connectivity index (χ0v) is 17.6. The highest BCUT2D eigenvalue weighted by Gasteiger charge is 2.41. The summed E-state index contributed by atoms with van der Waals surface area (Å²) in [6.45, 7) is 0. The topological polar surface area (TPSA) is 65.4 Å². The molecule has 0 spiro atoms. The van der Waals surface area contributed by atoms with Crippen LogP contribution in [0.3, 0.4) is 0 Å². The fourth-order valence-electron chi connectivity index (χ4n) is 4.21. The van der Waals surface area contributed by atoms with Crippen LogP contribution in [0.5, 0.6) is 23.0 Å². The van der Waals surface area contributed by atoms with Crippen LogP contribution in [0.1, 0.15) is 35.4 Å². The van der Waals surface area contributed by atoms with Gasteiger partial charge in [-0.05, 0) is 24.3 Å². The molecule has 0 unspecified atom stereocenters. The molecular formula is C24H23N3O4. The van der Waals surface area contributed by atoms with Crippen LogP contribution < -0.4 is 18.9 Å². The van der Waals surface area contributed by atoms with Gasteiger partial charge in [0, 0.05) is 35.5 Å². The van der Waals surface area contributed by atoms with Gasteiger partial charge in [-0.3, -0.25) is 4.98 Å². The molecule has 7 nitrogen and oxygen atoms in total. The number of fused-ring (bicyclic) bond motifs is 3. The second kappa shape index (κ2) is 7.83. The maximum atomic E-state index is 6.44. The summed E-state index contributed by atoms with van der Waals surface area (Å²) in [5.74, 6) is 2.55. The average Bonchev–Trinajstić information content (AvgIpc) is 3.29. The molecule has 2 aliphatic heterocycles. The molecule has 0 saturated carbocycles. The Balaban J connectivity index is 1.62. The Kier molecular flexibility index (Phi) is 4.86. The zero-order valence-electron chi connectivity index (χ0n) is 17.6.